The lowest BCUT2D eigenvalue weighted by Gasteiger charge is -2.30. The molecule has 0 aromatic heterocycles. The first kappa shape index (κ1) is 28.2. The molecule has 0 aromatic carbocycles. The van der Waals surface area contributed by atoms with Gasteiger partial charge in [-0.3, -0.25) is 28.8 Å². The van der Waals surface area contributed by atoms with Crippen molar-refractivity contribution in [3.8, 4) is 0 Å². The van der Waals surface area contributed by atoms with Gasteiger partial charge in [-0.2, -0.15) is 0 Å². The van der Waals surface area contributed by atoms with Gasteiger partial charge in [0.2, 0.25) is 0 Å². The zero-order chi connectivity index (χ0) is 24.6. The van der Waals surface area contributed by atoms with E-state index < -0.39 is 52.1 Å². The van der Waals surface area contributed by atoms with Gasteiger partial charge in [-0.15, -0.1) is 0 Å². The van der Waals surface area contributed by atoms with Gasteiger partial charge in [0.15, 0.2) is 16.2 Å². The lowest BCUT2D eigenvalue weighted by Crippen LogP contribution is -2.48. The molecule has 176 valence electrons. The SMILES string of the molecule is CCC(CC)(C(=O)O)C(=O)OC(=O)C(CC)(CC)C(=O)OC(=O)C(CC)(CC)C(=O)O. The summed E-state index contributed by atoms with van der Waals surface area (Å²) in [7, 11) is 0. The number of carboxylic acids is 2. The zero-order valence-electron chi connectivity index (χ0n) is 18.9. The standard InChI is InChI=1S/C21H32O10/c1-7-19(8-2,13(22)23)15(26)30-17(28)21(11-5,12-6)18(29)31-16(27)20(9-3,10-4)14(24)25/h7-12H2,1-6H3,(H,22,23)(H,24,25). The third-order valence-electron chi connectivity index (χ3n) is 6.37. The highest BCUT2D eigenvalue weighted by Crippen LogP contribution is 2.36. The van der Waals surface area contributed by atoms with Crippen LogP contribution in [0.3, 0.4) is 0 Å². The summed E-state index contributed by atoms with van der Waals surface area (Å²) in [5.41, 5.74) is -6.01. The molecule has 0 rings (SSSR count). The topological polar surface area (TPSA) is 161 Å². The van der Waals surface area contributed by atoms with Gasteiger partial charge in [-0.25, -0.2) is 0 Å². The van der Waals surface area contributed by atoms with Crippen LogP contribution in [0, 0.1) is 16.2 Å². The molecule has 0 aromatic rings. The maximum atomic E-state index is 12.8. The highest BCUT2D eigenvalue weighted by molar-refractivity contribution is 6.11. The molecule has 0 heterocycles. The second kappa shape index (κ2) is 11.0. The van der Waals surface area contributed by atoms with Crippen molar-refractivity contribution >= 4 is 35.8 Å². The maximum absolute atomic E-state index is 12.8. The number of ether oxygens (including phenoxy) is 2. The minimum absolute atomic E-state index is 0.146. The molecule has 0 fully saturated rings. The number of aliphatic carboxylic acids is 2. The molecule has 0 unspecified atom stereocenters. The zero-order valence-corrected chi connectivity index (χ0v) is 18.9. The summed E-state index contributed by atoms with van der Waals surface area (Å²) < 4.78 is 9.62. The third-order valence-corrected chi connectivity index (χ3v) is 6.37. The van der Waals surface area contributed by atoms with Crippen LogP contribution in [-0.4, -0.2) is 46.0 Å². The Hall–Kier alpha value is -2.78. The largest absolute Gasteiger partial charge is 0.480 e. The Balaban J connectivity index is 5.98. The van der Waals surface area contributed by atoms with E-state index in [2.05, 4.69) is 0 Å². The van der Waals surface area contributed by atoms with E-state index in [0.717, 1.165) is 0 Å². The van der Waals surface area contributed by atoms with Crippen LogP contribution in [0.5, 0.6) is 0 Å². The van der Waals surface area contributed by atoms with Crippen LogP contribution >= 0.6 is 0 Å². The minimum atomic E-state index is -2.08. The molecule has 10 nitrogen and oxygen atoms in total. The van der Waals surface area contributed by atoms with Crippen molar-refractivity contribution in [2.24, 2.45) is 16.2 Å². The minimum Gasteiger partial charge on any atom is -0.480 e. The molecule has 10 heteroatoms. The lowest BCUT2D eigenvalue weighted by atomic mass is 9.80. The summed E-state index contributed by atoms with van der Waals surface area (Å²) in [4.78, 5) is 73.9. The second-order valence-corrected chi connectivity index (χ2v) is 7.33. The van der Waals surface area contributed by atoms with E-state index in [9.17, 15) is 39.0 Å². The molecule has 2 N–H and O–H groups in total. The molecule has 0 bridgehead atoms. The number of carbonyl (C=O) groups is 6. The van der Waals surface area contributed by atoms with Gasteiger partial charge in [0.25, 0.3) is 0 Å². The normalized spacial score (nSPS) is 12.1. The number of rotatable bonds is 12. The lowest BCUT2D eigenvalue weighted by molar-refractivity contribution is -0.187. The van der Waals surface area contributed by atoms with E-state index in [4.69, 9.17) is 9.47 Å². The summed E-state index contributed by atoms with van der Waals surface area (Å²) in [6.07, 6.45) is -1.03. The molecule has 0 atom stereocenters. The van der Waals surface area contributed by atoms with E-state index >= 15 is 0 Å². The first-order valence-electron chi connectivity index (χ1n) is 10.4. The van der Waals surface area contributed by atoms with Crippen molar-refractivity contribution in [2.45, 2.75) is 80.1 Å². The van der Waals surface area contributed by atoms with Crippen LogP contribution in [-0.2, 0) is 38.2 Å². The quantitative estimate of drug-likeness (QED) is 0.338. The molecule has 0 saturated heterocycles. The summed E-state index contributed by atoms with van der Waals surface area (Å²) in [5, 5.41) is 18.9. The Morgan fingerprint density at radius 2 is 0.677 bits per heavy atom. The van der Waals surface area contributed by atoms with Crippen molar-refractivity contribution < 1.29 is 48.5 Å². The van der Waals surface area contributed by atoms with Crippen molar-refractivity contribution in [1.29, 1.82) is 0 Å². The summed E-state index contributed by atoms with van der Waals surface area (Å²) in [5.74, 6) is -8.26. The predicted octanol–water partition coefficient (Wildman–Crippen LogP) is 2.71. The molecule has 0 spiro atoms. The first-order chi connectivity index (χ1) is 14.3. The monoisotopic (exact) mass is 444 g/mol. The van der Waals surface area contributed by atoms with Crippen LogP contribution in [0.25, 0.3) is 0 Å². The van der Waals surface area contributed by atoms with E-state index in [1.807, 2.05) is 0 Å². The van der Waals surface area contributed by atoms with Gasteiger partial charge in [0.05, 0.1) is 0 Å². The summed E-state index contributed by atoms with van der Waals surface area (Å²) in [6.45, 7) is 8.65. The van der Waals surface area contributed by atoms with Crippen LogP contribution < -0.4 is 0 Å². The summed E-state index contributed by atoms with van der Waals surface area (Å²) in [6, 6.07) is 0. The summed E-state index contributed by atoms with van der Waals surface area (Å²) >= 11 is 0. The van der Waals surface area contributed by atoms with Gasteiger partial charge in [-0.1, -0.05) is 41.5 Å². The maximum Gasteiger partial charge on any atom is 0.331 e. The van der Waals surface area contributed by atoms with Crippen molar-refractivity contribution in [3.63, 3.8) is 0 Å². The van der Waals surface area contributed by atoms with E-state index in [0.29, 0.717) is 0 Å². The number of carboxylic acid groups (broad SMARTS) is 2. The highest BCUT2D eigenvalue weighted by Gasteiger charge is 2.53. The third kappa shape index (κ3) is 4.94. The van der Waals surface area contributed by atoms with Gasteiger partial charge in [0, 0.05) is 0 Å². The van der Waals surface area contributed by atoms with Crippen molar-refractivity contribution in [1.82, 2.24) is 0 Å². The molecule has 0 amide bonds. The molecular weight excluding hydrogens is 412 g/mol. The molecule has 31 heavy (non-hydrogen) atoms. The van der Waals surface area contributed by atoms with Gasteiger partial charge in [-0.05, 0) is 38.5 Å². The highest BCUT2D eigenvalue weighted by atomic mass is 16.6. The number of esters is 4. The Labute approximate surface area is 181 Å². The number of carbonyl (C=O) groups excluding carboxylic acids is 4. The van der Waals surface area contributed by atoms with E-state index in [-0.39, 0.29) is 38.5 Å². The molecular formula is C21H32O10. The van der Waals surface area contributed by atoms with Crippen LogP contribution in [0.2, 0.25) is 0 Å². The van der Waals surface area contributed by atoms with E-state index in [1.54, 1.807) is 0 Å². The van der Waals surface area contributed by atoms with Crippen LogP contribution in [0.4, 0.5) is 0 Å². The first-order valence-corrected chi connectivity index (χ1v) is 10.4. The Kier molecular flexibility index (Phi) is 10.0. The fourth-order valence-corrected chi connectivity index (χ4v) is 3.33. The van der Waals surface area contributed by atoms with Crippen LogP contribution in [0.1, 0.15) is 80.1 Å². The van der Waals surface area contributed by atoms with Gasteiger partial charge >= 0.3 is 35.8 Å². The van der Waals surface area contributed by atoms with E-state index in [1.165, 1.54) is 41.5 Å². The Morgan fingerprint density at radius 1 is 0.484 bits per heavy atom. The number of hydrogen-bond acceptors (Lipinski definition) is 8. The average molecular weight is 444 g/mol. The predicted molar refractivity (Wildman–Crippen MR) is 107 cm³/mol. The molecule has 0 aliphatic carbocycles. The second-order valence-electron chi connectivity index (χ2n) is 7.33. The molecule has 0 radical (unpaired) electrons. The van der Waals surface area contributed by atoms with Crippen molar-refractivity contribution in [2.75, 3.05) is 0 Å². The van der Waals surface area contributed by atoms with Crippen molar-refractivity contribution in [3.05, 3.63) is 0 Å². The van der Waals surface area contributed by atoms with Gasteiger partial charge in [0.1, 0.15) is 0 Å². The number of hydrogen-bond donors (Lipinski definition) is 2. The average Bonchev–Trinajstić information content (AvgIpc) is 2.71. The fourth-order valence-electron chi connectivity index (χ4n) is 3.33. The fraction of sp³-hybridized carbons (Fsp3) is 0.714. The Morgan fingerprint density at radius 3 is 0.839 bits per heavy atom. The molecule has 0 saturated carbocycles. The molecule has 0 aliphatic heterocycles. The Bertz CT molecular complexity index is 666. The van der Waals surface area contributed by atoms with Gasteiger partial charge < -0.3 is 19.7 Å². The molecule has 0 aliphatic rings. The van der Waals surface area contributed by atoms with Crippen LogP contribution in [0.15, 0.2) is 0 Å². The smallest absolute Gasteiger partial charge is 0.331 e.